The highest BCUT2D eigenvalue weighted by Gasteiger charge is 2.54. The molecule has 1 amide bonds. The average molecular weight is 483 g/mol. The van der Waals surface area contributed by atoms with Gasteiger partial charge in [0.05, 0.1) is 19.7 Å². The summed E-state index contributed by atoms with van der Waals surface area (Å²) in [5.41, 5.74) is 0.927. The molecule has 1 aromatic carbocycles. The molecule has 1 heterocycles. The molecule has 0 saturated heterocycles. The first-order valence-electron chi connectivity index (χ1n) is 12.5. The molecule has 7 nitrogen and oxygen atoms in total. The number of ether oxygens (including phenoxy) is 1. The number of esters is 1. The second-order valence-corrected chi connectivity index (χ2v) is 11.7. The summed E-state index contributed by atoms with van der Waals surface area (Å²) in [6, 6.07) is 10.1. The number of rotatable bonds is 9. The summed E-state index contributed by atoms with van der Waals surface area (Å²) in [6.45, 7) is 4.89. The molecule has 182 valence electrons. The van der Waals surface area contributed by atoms with Gasteiger partial charge in [-0.25, -0.2) is 0 Å². The maximum absolute atomic E-state index is 13.5. The zero-order valence-corrected chi connectivity index (χ0v) is 20.9. The molecule has 0 aliphatic heterocycles. The van der Waals surface area contributed by atoms with Gasteiger partial charge in [0.25, 0.3) is 0 Å². The number of carbonyl (C=O) groups excluding carboxylic acids is 2. The van der Waals surface area contributed by atoms with E-state index in [0.717, 1.165) is 42.6 Å². The Bertz CT molecular complexity index is 1000. The van der Waals surface area contributed by atoms with Gasteiger partial charge in [-0.1, -0.05) is 42.1 Å². The maximum atomic E-state index is 13.5. The van der Waals surface area contributed by atoms with Crippen LogP contribution >= 0.6 is 11.8 Å². The van der Waals surface area contributed by atoms with Crippen molar-refractivity contribution in [3.8, 4) is 0 Å². The third kappa shape index (κ3) is 4.74. The molecular formula is C26H34N4O3S. The number of carbonyl (C=O) groups is 2. The van der Waals surface area contributed by atoms with Crippen molar-refractivity contribution in [2.75, 3.05) is 6.61 Å². The Kier molecular flexibility index (Phi) is 6.69. The van der Waals surface area contributed by atoms with Crippen molar-refractivity contribution in [1.29, 1.82) is 0 Å². The Morgan fingerprint density at radius 3 is 2.38 bits per heavy atom. The minimum atomic E-state index is -0.395. The van der Waals surface area contributed by atoms with Gasteiger partial charge in [-0.15, -0.1) is 10.2 Å². The van der Waals surface area contributed by atoms with Gasteiger partial charge in [-0.3, -0.25) is 9.59 Å². The Balaban J connectivity index is 1.32. The van der Waals surface area contributed by atoms with Crippen LogP contribution in [-0.4, -0.2) is 38.5 Å². The minimum absolute atomic E-state index is 0.185. The molecule has 0 unspecified atom stereocenters. The van der Waals surface area contributed by atoms with Crippen LogP contribution in [0.4, 0.5) is 0 Å². The van der Waals surface area contributed by atoms with Crippen LogP contribution in [0.25, 0.3) is 0 Å². The molecule has 0 spiro atoms. The lowest BCUT2D eigenvalue weighted by molar-refractivity contribution is -0.146. The fraction of sp³-hybridized carbons (Fsp3) is 0.615. The van der Waals surface area contributed by atoms with E-state index in [4.69, 9.17) is 4.74 Å². The largest absolute Gasteiger partial charge is 0.465 e. The van der Waals surface area contributed by atoms with E-state index in [1.165, 1.54) is 31.0 Å². The zero-order valence-electron chi connectivity index (χ0n) is 20.0. The van der Waals surface area contributed by atoms with Crippen LogP contribution in [0, 0.1) is 23.2 Å². The third-order valence-electron chi connectivity index (χ3n) is 7.80. The Morgan fingerprint density at radius 1 is 1.12 bits per heavy atom. The number of nitrogens with zero attached hydrogens (tertiary/aromatic N) is 3. The fourth-order valence-corrected chi connectivity index (χ4v) is 7.53. The summed E-state index contributed by atoms with van der Waals surface area (Å²) in [5, 5.41) is 12.3. The second-order valence-electron chi connectivity index (χ2n) is 10.4. The lowest BCUT2D eigenvalue weighted by atomic mass is 9.49. The zero-order chi connectivity index (χ0) is 23.7. The van der Waals surface area contributed by atoms with Gasteiger partial charge in [0.2, 0.25) is 5.91 Å². The SMILES string of the molecule is CCOC(=O)[C@H](C)Sc1nnc(CNC(=O)C23CC4CC(CC(C4)C2)C3)n1Cc1ccccc1. The maximum Gasteiger partial charge on any atom is 0.319 e. The molecule has 8 heteroatoms. The second kappa shape index (κ2) is 9.72. The predicted molar refractivity (Wildman–Crippen MR) is 130 cm³/mol. The van der Waals surface area contributed by atoms with Crippen molar-refractivity contribution in [3.05, 3.63) is 41.7 Å². The van der Waals surface area contributed by atoms with Gasteiger partial charge in [-0.2, -0.15) is 0 Å². The number of thioether (sulfide) groups is 1. The van der Waals surface area contributed by atoms with Gasteiger partial charge < -0.3 is 14.6 Å². The molecule has 6 rings (SSSR count). The number of amides is 1. The number of hydrogen-bond acceptors (Lipinski definition) is 6. The van der Waals surface area contributed by atoms with E-state index < -0.39 is 5.25 Å². The first-order chi connectivity index (χ1) is 16.5. The number of nitrogens with one attached hydrogen (secondary N) is 1. The van der Waals surface area contributed by atoms with Gasteiger partial charge in [-0.05, 0) is 75.7 Å². The number of hydrogen-bond donors (Lipinski definition) is 1. The number of aromatic nitrogens is 3. The van der Waals surface area contributed by atoms with E-state index in [-0.39, 0.29) is 17.3 Å². The van der Waals surface area contributed by atoms with Crippen LogP contribution < -0.4 is 5.32 Å². The average Bonchev–Trinajstić information content (AvgIpc) is 3.18. The molecule has 34 heavy (non-hydrogen) atoms. The minimum Gasteiger partial charge on any atom is -0.465 e. The summed E-state index contributed by atoms with van der Waals surface area (Å²) in [6.07, 6.45) is 7.07. The summed E-state index contributed by atoms with van der Waals surface area (Å²) in [7, 11) is 0. The van der Waals surface area contributed by atoms with Crippen LogP contribution in [0.1, 0.15) is 63.8 Å². The fourth-order valence-electron chi connectivity index (χ4n) is 6.66. The summed E-state index contributed by atoms with van der Waals surface area (Å²) in [4.78, 5) is 25.6. The molecule has 1 atom stereocenters. The van der Waals surface area contributed by atoms with Crippen molar-refractivity contribution in [3.63, 3.8) is 0 Å². The molecule has 0 radical (unpaired) electrons. The van der Waals surface area contributed by atoms with Crippen LogP contribution in [0.3, 0.4) is 0 Å². The van der Waals surface area contributed by atoms with Crippen molar-refractivity contribution >= 4 is 23.6 Å². The van der Waals surface area contributed by atoms with Crippen molar-refractivity contribution < 1.29 is 14.3 Å². The van der Waals surface area contributed by atoms with Gasteiger partial charge in [0, 0.05) is 5.41 Å². The van der Waals surface area contributed by atoms with Crippen molar-refractivity contribution in [2.45, 2.75) is 75.9 Å². The van der Waals surface area contributed by atoms with E-state index in [2.05, 4.69) is 27.6 Å². The van der Waals surface area contributed by atoms with E-state index in [1.807, 2.05) is 29.7 Å². The first-order valence-corrected chi connectivity index (χ1v) is 13.4. The summed E-state index contributed by atoms with van der Waals surface area (Å²) >= 11 is 1.34. The molecule has 1 aromatic heterocycles. The monoisotopic (exact) mass is 482 g/mol. The molecule has 4 aliphatic rings. The van der Waals surface area contributed by atoms with E-state index in [9.17, 15) is 9.59 Å². The number of benzene rings is 1. The van der Waals surface area contributed by atoms with E-state index in [1.54, 1.807) is 6.92 Å². The highest BCUT2D eigenvalue weighted by molar-refractivity contribution is 8.00. The molecule has 1 N–H and O–H groups in total. The molecule has 4 aliphatic carbocycles. The Morgan fingerprint density at radius 2 is 1.76 bits per heavy atom. The quantitative estimate of drug-likeness (QED) is 0.426. The third-order valence-corrected chi connectivity index (χ3v) is 8.86. The molecule has 4 fully saturated rings. The van der Waals surface area contributed by atoms with Gasteiger partial charge in [0.1, 0.15) is 5.25 Å². The van der Waals surface area contributed by atoms with Crippen LogP contribution in [0.2, 0.25) is 0 Å². The summed E-state index contributed by atoms with van der Waals surface area (Å²) < 4.78 is 7.17. The van der Waals surface area contributed by atoms with Gasteiger partial charge in [0.15, 0.2) is 11.0 Å². The lowest BCUT2D eigenvalue weighted by Gasteiger charge is -2.55. The Hall–Kier alpha value is -2.35. The topological polar surface area (TPSA) is 86.1 Å². The van der Waals surface area contributed by atoms with E-state index >= 15 is 0 Å². The van der Waals surface area contributed by atoms with Gasteiger partial charge >= 0.3 is 5.97 Å². The van der Waals surface area contributed by atoms with Crippen LogP contribution in [0.5, 0.6) is 0 Å². The predicted octanol–water partition coefficient (Wildman–Crippen LogP) is 4.20. The molecule has 4 saturated carbocycles. The Labute approximate surface area is 205 Å². The van der Waals surface area contributed by atoms with E-state index in [0.29, 0.717) is 30.7 Å². The van der Waals surface area contributed by atoms with Crippen molar-refractivity contribution in [1.82, 2.24) is 20.1 Å². The van der Waals surface area contributed by atoms with Crippen LogP contribution in [0.15, 0.2) is 35.5 Å². The molecule has 2 aromatic rings. The smallest absolute Gasteiger partial charge is 0.319 e. The highest BCUT2D eigenvalue weighted by atomic mass is 32.2. The molecule has 4 bridgehead atoms. The standard InChI is InChI=1S/C26H34N4O3S/c1-3-33-23(31)17(2)34-25-29-28-22(30(25)16-18-7-5-4-6-8-18)15-27-24(32)26-12-19-9-20(13-26)11-21(10-19)14-26/h4-8,17,19-21H,3,9-16H2,1-2H3,(H,27,32)/t17-,19?,20?,21?,26?/m0/s1. The first kappa shape index (κ1) is 23.4. The summed E-state index contributed by atoms with van der Waals surface area (Å²) in [5.74, 6) is 2.82. The van der Waals surface area contributed by atoms with Crippen LogP contribution in [-0.2, 0) is 27.4 Å². The normalized spacial score (nSPS) is 28.0. The highest BCUT2D eigenvalue weighted by Crippen LogP contribution is 2.60. The molecular weight excluding hydrogens is 448 g/mol. The lowest BCUT2D eigenvalue weighted by Crippen LogP contribution is -2.53. The van der Waals surface area contributed by atoms with Crippen molar-refractivity contribution in [2.24, 2.45) is 23.2 Å².